The third kappa shape index (κ3) is 3.07. The highest BCUT2D eigenvalue weighted by molar-refractivity contribution is 5.83. The van der Waals surface area contributed by atoms with Gasteiger partial charge in [0.2, 0.25) is 0 Å². The van der Waals surface area contributed by atoms with Crippen LogP contribution in [0.2, 0.25) is 0 Å². The number of aliphatic hydroxyl groups excluding tert-OH is 1. The van der Waals surface area contributed by atoms with Crippen molar-refractivity contribution in [1.82, 2.24) is 0 Å². The zero-order chi connectivity index (χ0) is 12.1. The van der Waals surface area contributed by atoms with Crippen LogP contribution in [-0.2, 0) is 0 Å². The van der Waals surface area contributed by atoms with Crippen molar-refractivity contribution in [3.05, 3.63) is 48.0 Å². The van der Waals surface area contributed by atoms with Gasteiger partial charge in [0.1, 0.15) is 0 Å². The molecular weight excluding hydrogens is 208 g/mol. The fourth-order valence-corrected chi connectivity index (χ4v) is 2.17. The number of unbranched alkanes of at least 4 members (excludes halogenated alkanes) is 2. The first-order valence-electron chi connectivity index (χ1n) is 6.48. The molecule has 1 heteroatoms. The molecule has 0 fully saturated rings. The van der Waals surface area contributed by atoms with Crippen molar-refractivity contribution in [2.24, 2.45) is 0 Å². The topological polar surface area (TPSA) is 20.2 Å². The molecule has 0 saturated carbocycles. The lowest BCUT2D eigenvalue weighted by Crippen LogP contribution is -1.97. The van der Waals surface area contributed by atoms with Crippen LogP contribution in [0.4, 0.5) is 0 Å². The van der Waals surface area contributed by atoms with E-state index >= 15 is 0 Å². The van der Waals surface area contributed by atoms with E-state index in [9.17, 15) is 5.11 Å². The Morgan fingerprint density at radius 3 is 2.53 bits per heavy atom. The summed E-state index contributed by atoms with van der Waals surface area (Å²) >= 11 is 0. The van der Waals surface area contributed by atoms with Gasteiger partial charge in [-0.05, 0) is 28.8 Å². The average Bonchev–Trinajstić information content (AvgIpc) is 2.38. The van der Waals surface area contributed by atoms with Crippen LogP contribution in [-0.4, -0.2) is 5.11 Å². The molecule has 0 spiro atoms. The second-order valence-corrected chi connectivity index (χ2v) is 4.62. The Kier molecular flexibility index (Phi) is 4.16. The van der Waals surface area contributed by atoms with Crippen LogP contribution in [0.25, 0.3) is 10.8 Å². The Balaban J connectivity index is 2.12. The fraction of sp³-hybridized carbons (Fsp3) is 0.375. The molecule has 0 saturated heterocycles. The van der Waals surface area contributed by atoms with E-state index in [1.807, 2.05) is 18.2 Å². The van der Waals surface area contributed by atoms with E-state index in [0.29, 0.717) is 0 Å². The third-order valence-corrected chi connectivity index (χ3v) is 3.24. The molecule has 0 bridgehead atoms. The number of hydrogen-bond donors (Lipinski definition) is 1. The smallest absolute Gasteiger partial charge is 0.0790 e. The van der Waals surface area contributed by atoms with E-state index in [1.54, 1.807) is 0 Å². The summed E-state index contributed by atoms with van der Waals surface area (Å²) in [5.41, 5.74) is 1.04. The SMILES string of the molecule is CCCCCC(O)c1ccc2ccccc2c1. The number of rotatable bonds is 5. The molecule has 2 aromatic carbocycles. The summed E-state index contributed by atoms with van der Waals surface area (Å²) in [5.74, 6) is 0. The molecule has 0 radical (unpaired) electrons. The molecule has 0 aromatic heterocycles. The summed E-state index contributed by atoms with van der Waals surface area (Å²) in [5, 5.41) is 12.5. The maximum absolute atomic E-state index is 10.1. The molecule has 0 aliphatic rings. The van der Waals surface area contributed by atoms with E-state index in [1.165, 1.54) is 23.6 Å². The summed E-state index contributed by atoms with van der Waals surface area (Å²) in [6.45, 7) is 2.18. The largest absolute Gasteiger partial charge is 0.388 e. The molecule has 0 heterocycles. The van der Waals surface area contributed by atoms with E-state index < -0.39 is 0 Å². The van der Waals surface area contributed by atoms with Crippen molar-refractivity contribution in [2.75, 3.05) is 0 Å². The van der Waals surface area contributed by atoms with Gasteiger partial charge in [-0.3, -0.25) is 0 Å². The van der Waals surface area contributed by atoms with Gasteiger partial charge in [0.25, 0.3) is 0 Å². The Morgan fingerprint density at radius 2 is 1.76 bits per heavy atom. The average molecular weight is 228 g/mol. The van der Waals surface area contributed by atoms with Crippen LogP contribution < -0.4 is 0 Å². The molecule has 0 aliphatic heterocycles. The molecule has 17 heavy (non-hydrogen) atoms. The van der Waals surface area contributed by atoms with Crippen molar-refractivity contribution in [3.63, 3.8) is 0 Å². The first-order chi connectivity index (χ1) is 8.31. The van der Waals surface area contributed by atoms with Crippen LogP contribution in [0.3, 0.4) is 0 Å². The highest BCUT2D eigenvalue weighted by Crippen LogP contribution is 2.23. The van der Waals surface area contributed by atoms with Gasteiger partial charge in [-0.25, -0.2) is 0 Å². The standard InChI is InChI=1S/C16H20O/c1-2-3-4-9-16(17)15-11-10-13-7-5-6-8-14(13)12-15/h5-8,10-12,16-17H,2-4,9H2,1H3. The van der Waals surface area contributed by atoms with E-state index in [0.717, 1.165) is 18.4 Å². The number of benzene rings is 2. The molecule has 0 amide bonds. The van der Waals surface area contributed by atoms with Gasteiger partial charge < -0.3 is 5.11 Å². The Labute approximate surface area is 103 Å². The van der Waals surface area contributed by atoms with Gasteiger partial charge in [0.15, 0.2) is 0 Å². The molecule has 1 N–H and O–H groups in total. The maximum atomic E-state index is 10.1. The third-order valence-electron chi connectivity index (χ3n) is 3.24. The van der Waals surface area contributed by atoms with Crippen LogP contribution in [0.1, 0.15) is 44.3 Å². The zero-order valence-corrected chi connectivity index (χ0v) is 10.4. The van der Waals surface area contributed by atoms with E-state index in [-0.39, 0.29) is 6.10 Å². The van der Waals surface area contributed by atoms with Crippen molar-refractivity contribution >= 4 is 10.8 Å². The monoisotopic (exact) mass is 228 g/mol. The minimum absolute atomic E-state index is 0.314. The minimum Gasteiger partial charge on any atom is -0.388 e. The molecule has 0 aliphatic carbocycles. The number of hydrogen-bond acceptors (Lipinski definition) is 1. The molecule has 2 rings (SSSR count). The van der Waals surface area contributed by atoms with Crippen LogP contribution in [0.5, 0.6) is 0 Å². The molecule has 90 valence electrons. The first-order valence-corrected chi connectivity index (χ1v) is 6.48. The fourth-order valence-electron chi connectivity index (χ4n) is 2.17. The Bertz CT molecular complexity index is 476. The van der Waals surface area contributed by atoms with Crippen molar-refractivity contribution in [1.29, 1.82) is 0 Å². The van der Waals surface area contributed by atoms with Crippen LogP contribution in [0.15, 0.2) is 42.5 Å². The summed E-state index contributed by atoms with van der Waals surface area (Å²) in [6.07, 6.45) is 4.05. The lowest BCUT2D eigenvalue weighted by molar-refractivity contribution is 0.164. The van der Waals surface area contributed by atoms with Crippen LogP contribution in [0, 0.1) is 0 Å². The van der Waals surface area contributed by atoms with Crippen molar-refractivity contribution in [2.45, 2.75) is 38.7 Å². The maximum Gasteiger partial charge on any atom is 0.0790 e. The van der Waals surface area contributed by atoms with Crippen LogP contribution >= 0.6 is 0 Å². The quantitative estimate of drug-likeness (QED) is 0.749. The second kappa shape index (κ2) is 5.83. The summed E-state index contributed by atoms with van der Waals surface area (Å²) in [4.78, 5) is 0. The second-order valence-electron chi connectivity index (χ2n) is 4.62. The summed E-state index contributed by atoms with van der Waals surface area (Å²) in [7, 11) is 0. The van der Waals surface area contributed by atoms with E-state index in [4.69, 9.17) is 0 Å². The molecule has 1 nitrogen and oxygen atoms in total. The van der Waals surface area contributed by atoms with Gasteiger partial charge in [-0.1, -0.05) is 62.6 Å². The van der Waals surface area contributed by atoms with Gasteiger partial charge in [-0.15, -0.1) is 0 Å². The summed E-state index contributed by atoms with van der Waals surface area (Å²) < 4.78 is 0. The van der Waals surface area contributed by atoms with Crippen molar-refractivity contribution < 1.29 is 5.11 Å². The zero-order valence-electron chi connectivity index (χ0n) is 10.4. The predicted octanol–water partition coefficient (Wildman–Crippen LogP) is 4.45. The van der Waals surface area contributed by atoms with Gasteiger partial charge in [-0.2, -0.15) is 0 Å². The highest BCUT2D eigenvalue weighted by Gasteiger charge is 2.07. The molecule has 1 atom stereocenters. The van der Waals surface area contributed by atoms with Crippen molar-refractivity contribution in [3.8, 4) is 0 Å². The number of aliphatic hydroxyl groups is 1. The minimum atomic E-state index is -0.314. The highest BCUT2D eigenvalue weighted by atomic mass is 16.3. The van der Waals surface area contributed by atoms with Gasteiger partial charge in [0, 0.05) is 0 Å². The van der Waals surface area contributed by atoms with E-state index in [2.05, 4.69) is 31.2 Å². The molecular formula is C16H20O. The summed E-state index contributed by atoms with van der Waals surface area (Å²) in [6, 6.07) is 14.5. The molecule has 1 unspecified atom stereocenters. The van der Waals surface area contributed by atoms with Gasteiger partial charge >= 0.3 is 0 Å². The molecule has 2 aromatic rings. The van der Waals surface area contributed by atoms with Gasteiger partial charge in [0.05, 0.1) is 6.10 Å². The normalized spacial score (nSPS) is 12.8. The lowest BCUT2D eigenvalue weighted by Gasteiger charge is -2.11. The first kappa shape index (κ1) is 12.1. The lowest BCUT2D eigenvalue weighted by atomic mass is 10.00. The number of fused-ring (bicyclic) bond motifs is 1. The Hall–Kier alpha value is -1.34. The predicted molar refractivity (Wildman–Crippen MR) is 73.0 cm³/mol. The Morgan fingerprint density at radius 1 is 1.00 bits per heavy atom.